The van der Waals surface area contributed by atoms with Crippen LogP contribution in [0.3, 0.4) is 0 Å². The molecule has 7 heteroatoms. The predicted molar refractivity (Wildman–Crippen MR) is 86.3 cm³/mol. The molecule has 1 aliphatic heterocycles. The summed E-state index contributed by atoms with van der Waals surface area (Å²) in [5, 5.41) is 7.53. The number of aromatic nitrogens is 4. The maximum atomic E-state index is 5.89. The molecule has 1 aliphatic rings. The van der Waals surface area contributed by atoms with E-state index in [1.54, 1.807) is 17.7 Å². The largest absolute Gasteiger partial charge is 0.373 e. The van der Waals surface area contributed by atoms with Gasteiger partial charge in [0.25, 0.3) is 0 Å². The SMILES string of the molecule is Cc1cnn(C[C@H]2CN(c3ncnc4sccc34)CCO2)c1. The van der Waals surface area contributed by atoms with Crippen molar-refractivity contribution in [1.29, 1.82) is 0 Å². The zero-order valence-corrected chi connectivity index (χ0v) is 13.2. The highest BCUT2D eigenvalue weighted by molar-refractivity contribution is 7.16. The van der Waals surface area contributed by atoms with Crippen molar-refractivity contribution in [1.82, 2.24) is 19.7 Å². The first-order valence-corrected chi connectivity index (χ1v) is 8.21. The van der Waals surface area contributed by atoms with Gasteiger partial charge in [0.05, 0.1) is 30.8 Å². The molecular formula is C15H17N5OS. The normalized spacial score (nSPS) is 19.0. The third-order valence-corrected chi connectivity index (χ3v) is 4.65. The highest BCUT2D eigenvalue weighted by atomic mass is 32.1. The fourth-order valence-electron chi connectivity index (χ4n) is 2.83. The Kier molecular flexibility index (Phi) is 3.51. The highest BCUT2D eigenvalue weighted by Gasteiger charge is 2.23. The minimum Gasteiger partial charge on any atom is -0.373 e. The van der Waals surface area contributed by atoms with Crippen LogP contribution in [0.15, 0.2) is 30.2 Å². The van der Waals surface area contributed by atoms with Crippen LogP contribution in [0.1, 0.15) is 5.56 Å². The van der Waals surface area contributed by atoms with Crippen LogP contribution < -0.4 is 4.90 Å². The van der Waals surface area contributed by atoms with Gasteiger partial charge in [-0.2, -0.15) is 5.10 Å². The smallest absolute Gasteiger partial charge is 0.140 e. The van der Waals surface area contributed by atoms with E-state index in [9.17, 15) is 0 Å². The van der Waals surface area contributed by atoms with Gasteiger partial charge < -0.3 is 9.64 Å². The molecule has 0 amide bonds. The minimum atomic E-state index is 0.122. The van der Waals surface area contributed by atoms with Gasteiger partial charge in [0.1, 0.15) is 17.0 Å². The molecule has 0 N–H and O–H groups in total. The number of rotatable bonds is 3. The average Bonchev–Trinajstić information content (AvgIpc) is 3.16. The van der Waals surface area contributed by atoms with Gasteiger partial charge in [-0.3, -0.25) is 4.68 Å². The lowest BCUT2D eigenvalue weighted by atomic mass is 10.2. The number of fused-ring (bicyclic) bond motifs is 1. The second-order valence-electron chi connectivity index (χ2n) is 5.52. The second-order valence-corrected chi connectivity index (χ2v) is 6.41. The van der Waals surface area contributed by atoms with Gasteiger partial charge in [-0.25, -0.2) is 9.97 Å². The average molecular weight is 315 g/mol. The maximum absolute atomic E-state index is 5.89. The number of nitrogens with zero attached hydrogens (tertiary/aromatic N) is 5. The van der Waals surface area contributed by atoms with E-state index in [2.05, 4.69) is 31.4 Å². The van der Waals surface area contributed by atoms with Crippen molar-refractivity contribution in [3.63, 3.8) is 0 Å². The molecule has 0 unspecified atom stereocenters. The zero-order valence-electron chi connectivity index (χ0n) is 12.3. The molecule has 0 bridgehead atoms. The minimum absolute atomic E-state index is 0.122. The number of morpholine rings is 1. The fourth-order valence-corrected chi connectivity index (χ4v) is 3.55. The van der Waals surface area contributed by atoms with Crippen molar-refractivity contribution >= 4 is 27.4 Å². The van der Waals surface area contributed by atoms with E-state index in [4.69, 9.17) is 4.74 Å². The van der Waals surface area contributed by atoms with Crippen LogP contribution in [0, 0.1) is 6.92 Å². The molecule has 3 aromatic rings. The van der Waals surface area contributed by atoms with E-state index in [0.29, 0.717) is 6.61 Å². The summed E-state index contributed by atoms with van der Waals surface area (Å²) in [4.78, 5) is 12.1. The van der Waals surface area contributed by atoms with Gasteiger partial charge in [0, 0.05) is 19.3 Å². The molecule has 4 heterocycles. The summed E-state index contributed by atoms with van der Waals surface area (Å²) in [5.41, 5.74) is 1.17. The van der Waals surface area contributed by atoms with Crippen LogP contribution >= 0.6 is 11.3 Å². The van der Waals surface area contributed by atoms with E-state index < -0.39 is 0 Å². The molecule has 1 atom stereocenters. The highest BCUT2D eigenvalue weighted by Crippen LogP contribution is 2.27. The van der Waals surface area contributed by atoms with Crippen molar-refractivity contribution in [2.45, 2.75) is 19.6 Å². The zero-order chi connectivity index (χ0) is 14.9. The quantitative estimate of drug-likeness (QED) is 0.741. The summed E-state index contributed by atoms with van der Waals surface area (Å²) >= 11 is 1.65. The van der Waals surface area contributed by atoms with Gasteiger partial charge in [0.2, 0.25) is 0 Å². The van der Waals surface area contributed by atoms with Crippen molar-refractivity contribution in [2.24, 2.45) is 0 Å². The molecule has 0 radical (unpaired) electrons. The molecule has 3 aromatic heterocycles. The van der Waals surface area contributed by atoms with Gasteiger partial charge in [0.15, 0.2) is 0 Å². The Labute approximate surface area is 132 Å². The van der Waals surface area contributed by atoms with Crippen LogP contribution in [-0.4, -0.2) is 45.5 Å². The van der Waals surface area contributed by atoms with Gasteiger partial charge in [-0.05, 0) is 23.9 Å². The third-order valence-electron chi connectivity index (χ3n) is 3.83. The number of anilines is 1. The van der Waals surface area contributed by atoms with Crippen LogP contribution in [-0.2, 0) is 11.3 Å². The number of hydrogen-bond donors (Lipinski definition) is 0. The number of ether oxygens (including phenoxy) is 1. The number of aryl methyl sites for hydroxylation is 1. The van der Waals surface area contributed by atoms with E-state index in [1.165, 1.54) is 5.56 Å². The molecule has 1 saturated heterocycles. The lowest BCUT2D eigenvalue weighted by Crippen LogP contribution is -2.44. The first kappa shape index (κ1) is 13.7. The monoisotopic (exact) mass is 315 g/mol. The molecule has 0 saturated carbocycles. The second kappa shape index (κ2) is 5.66. The van der Waals surface area contributed by atoms with Crippen molar-refractivity contribution in [3.05, 3.63) is 35.7 Å². The van der Waals surface area contributed by atoms with E-state index >= 15 is 0 Å². The predicted octanol–water partition coefficient (Wildman–Crippen LogP) is 2.10. The molecule has 0 spiro atoms. The van der Waals surface area contributed by atoms with Gasteiger partial charge >= 0.3 is 0 Å². The summed E-state index contributed by atoms with van der Waals surface area (Å²) in [5.74, 6) is 1.01. The molecule has 6 nitrogen and oxygen atoms in total. The molecule has 0 aromatic carbocycles. The first-order chi connectivity index (χ1) is 10.8. The van der Waals surface area contributed by atoms with Crippen LogP contribution in [0.2, 0.25) is 0 Å². The molecule has 1 fully saturated rings. The Bertz CT molecular complexity index is 783. The Morgan fingerprint density at radius 1 is 1.41 bits per heavy atom. The van der Waals surface area contributed by atoms with Crippen molar-refractivity contribution in [3.8, 4) is 0 Å². The lowest BCUT2D eigenvalue weighted by molar-refractivity contribution is 0.0272. The third kappa shape index (κ3) is 2.57. The van der Waals surface area contributed by atoms with Crippen LogP contribution in [0.25, 0.3) is 10.2 Å². The topological polar surface area (TPSA) is 56.1 Å². The maximum Gasteiger partial charge on any atom is 0.140 e. The summed E-state index contributed by atoms with van der Waals surface area (Å²) < 4.78 is 7.84. The Morgan fingerprint density at radius 3 is 3.23 bits per heavy atom. The molecule has 4 rings (SSSR count). The lowest BCUT2D eigenvalue weighted by Gasteiger charge is -2.33. The molecule has 114 valence electrons. The molecule has 0 aliphatic carbocycles. The molecule has 22 heavy (non-hydrogen) atoms. The van der Waals surface area contributed by atoms with Gasteiger partial charge in [-0.1, -0.05) is 0 Å². The molecular weight excluding hydrogens is 298 g/mol. The number of hydrogen-bond acceptors (Lipinski definition) is 6. The van der Waals surface area contributed by atoms with Crippen LogP contribution in [0.4, 0.5) is 5.82 Å². The number of thiophene rings is 1. The van der Waals surface area contributed by atoms with E-state index in [0.717, 1.165) is 35.7 Å². The first-order valence-electron chi connectivity index (χ1n) is 7.33. The van der Waals surface area contributed by atoms with Crippen molar-refractivity contribution < 1.29 is 4.74 Å². The Morgan fingerprint density at radius 2 is 2.36 bits per heavy atom. The summed E-state index contributed by atoms with van der Waals surface area (Å²) in [6, 6.07) is 2.09. The van der Waals surface area contributed by atoms with E-state index in [1.807, 2.05) is 24.0 Å². The summed E-state index contributed by atoms with van der Waals surface area (Å²) in [7, 11) is 0. The van der Waals surface area contributed by atoms with Crippen molar-refractivity contribution in [2.75, 3.05) is 24.6 Å². The summed E-state index contributed by atoms with van der Waals surface area (Å²) in [6.07, 6.45) is 5.69. The summed E-state index contributed by atoms with van der Waals surface area (Å²) in [6.45, 7) is 5.20. The Hall–Kier alpha value is -1.99. The standard InChI is InChI=1S/C15H17N5OS/c1-11-6-18-20(7-11)9-12-8-19(3-4-21-12)14-13-2-5-22-15(13)17-10-16-14/h2,5-7,10,12H,3-4,8-9H2,1H3/t12-/m1/s1. The van der Waals surface area contributed by atoms with Gasteiger partial charge in [-0.15, -0.1) is 11.3 Å². The van der Waals surface area contributed by atoms with Crippen LogP contribution in [0.5, 0.6) is 0 Å². The Balaban J connectivity index is 1.54. The fraction of sp³-hybridized carbons (Fsp3) is 0.400. The van der Waals surface area contributed by atoms with E-state index in [-0.39, 0.29) is 6.10 Å².